The van der Waals surface area contributed by atoms with E-state index in [1.54, 1.807) is 0 Å². The molecule has 7 heteroatoms. The van der Waals surface area contributed by atoms with Crippen LogP contribution in [0.3, 0.4) is 0 Å². The molecule has 23 heavy (non-hydrogen) atoms. The Morgan fingerprint density at radius 2 is 1.78 bits per heavy atom. The fourth-order valence-corrected chi connectivity index (χ4v) is 3.90. The molecule has 3 rings (SSSR count). The van der Waals surface area contributed by atoms with Crippen LogP contribution >= 0.6 is 0 Å². The van der Waals surface area contributed by atoms with Crippen molar-refractivity contribution >= 4 is 0 Å². The first-order valence-electron chi connectivity index (χ1n) is 8.87. The second-order valence-corrected chi connectivity index (χ2v) is 7.01. The Morgan fingerprint density at radius 1 is 1.09 bits per heavy atom. The van der Waals surface area contributed by atoms with Crippen LogP contribution in [0.4, 0.5) is 0 Å². The van der Waals surface area contributed by atoms with Crippen LogP contribution in [0.1, 0.15) is 12.8 Å². The molecule has 134 valence electrons. The van der Waals surface area contributed by atoms with Crippen LogP contribution < -0.4 is 5.32 Å². The van der Waals surface area contributed by atoms with Crippen molar-refractivity contribution in [2.45, 2.75) is 43.2 Å². The topological polar surface area (TPSA) is 77.4 Å². The van der Waals surface area contributed by atoms with Crippen LogP contribution in [0.15, 0.2) is 0 Å². The lowest BCUT2D eigenvalue weighted by molar-refractivity contribution is -0.0230. The Hall–Kier alpha value is -0.280. The molecular weight excluding hydrogens is 298 g/mol. The Bertz CT molecular complexity index is 359. The summed E-state index contributed by atoms with van der Waals surface area (Å²) in [5.74, 6) is 0. The van der Waals surface area contributed by atoms with Crippen molar-refractivity contribution < 1.29 is 19.7 Å². The second kappa shape index (κ2) is 8.20. The number of nitrogens with zero attached hydrogens (tertiary/aromatic N) is 2. The maximum absolute atomic E-state index is 10.6. The molecule has 0 aromatic carbocycles. The van der Waals surface area contributed by atoms with Gasteiger partial charge in [-0.2, -0.15) is 0 Å². The van der Waals surface area contributed by atoms with Crippen molar-refractivity contribution in [1.82, 2.24) is 15.1 Å². The fraction of sp³-hybridized carbons (Fsp3) is 1.00. The minimum atomic E-state index is -0.620. The van der Waals surface area contributed by atoms with E-state index in [-0.39, 0.29) is 18.8 Å². The number of rotatable bonds is 5. The molecule has 0 bridgehead atoms. The van der Waals surface area contributed by atoms with Gasteiger partial charge in [0, 0.05) is 52.0 Å². The van der Waals surface area contributed by atoms with Crippen molar-refractivity contribution in [3.63, 3.8) is 0 Å². The van der Waals surface area contributed by atoms with Crippen LogP contribution in [0, 0.1) is 0 Å². The molecule has 0 aromatic heterocycles. The third-order valence-corrected chi connectivity index (χ3v) is 5.43. The van der Waals surface area contributed by atoms with Gasteiger partial charge in [-0.05, 0) is 19.9 Å². The Morgan fingerprint density at radius 3 is 2.43 bits per heavy atom. The van der Waals surface area contributed by atoms with Gasteiger partial charge in [0.25, 0.3) is 0 Å². The first kappa shape index (κ1) is 17.5. The van der Waals surface area contributed by atoms with Gasteiger partial charge in [0.15, 0.2) is 0 Å². The number of ether oxygens (including phenoxy) is 2. The van der Waals surface area contributed by atoms with Crippen molar-refractivity contribution in [1.29, 1.82) is 0 Å². The van der Waals surface area contributed by atoms with Crippen LogP contribution in [0.2, 0.25) is 0 Å². The van der Waals surface area contributed by atoms with Crippen molar-refractivity contribution in [3.05, 3.63) is 0 Å². The average Bonchev–Trinajstić information content (AvgIpc) is 2.90. The van der Waals surface area contributed by atoms with Gasteiger partial charge in [0.05, 0.1) is 18.8 Å². The van der Waals surface area contributed by atoms with Gasteiger partial charge >= 0.3 is 0 Å². The summed E-state index contributed by atoms with van der Waals surface area (Å²) in [5, 5.41) is 23.6. The van der Waals surface area contributed by atoms with E-state index < -0.39 is 12.2 Å². The van der Waals surface area contributed by atoms with Gasteiger partial charge in [-0.3, -0.25) is 4.90 Å². The zero-order chi connectivity index (χ0) is 16.2. The van der Waals surface area contributed by atoms with E-state index in [4.69, 9.17) is 9.47 Å². The largest absolute Gasteiger partial charge is 0.394 e. The molecule has 0 radical (unpaired) electrons. The Labute approximate surface area is 138 Å². The summed E-state index contributed by atoms with van der Waals surface area (Å²) in [6, 6.07) is 0.430. The van der Waals surface area contributed by atoms with E-state index in [1.807, 2.05) is 0 Å². The summed E-state index contributed by atoms with van der Waals surface area (Å²) >= 11 is 0. The number of nitrogens with one attached hydrogen (secondary N) is 1. The van der Waals surface area contributed by atoms with Gasteiger partial charge in [-0.15, -0.1) is 0 Å². The Kier molecular flexibility index (Phi) is 6.25. The summed E-state index contributed by atoms with van der Waals surface area (Å²) < 4.78 is 11.3. The molecule has 3 N–H and O–H groups in total. The van der Waals surface area contributed by atoms with Gasteiger partial charge in [-0.1, -0.05) is 0 Å². The molecule has 3 aliphatic rings. The molecule has 3 heterocycles. The van der Waals surface area contributed by atoms with E-state index in [9.17, 15) is 10.2 Å². The van der Waals surface area contributed by atoms with Crippen molar-refractivity contribution in [2.75, 3.05) is 59.6 Å². The fourth-order valence-electron chi connectivity index (χ4n) is 3.90. The van der Waals surface area contributed by atoms with E-state index in [0.717, 1.165) is 58.8 Å². The highest BCUT2D eigenvalue weighted by molar-refractivity contribution is 4.99. The number of hydrogen-bond donors (Lipinski definition) is 3. The van der Waals surface area contributed by atoms with Crippen LogP contribution in [-0.4, -0.2) is 110 Å². The highest BCUT2D eigenvalue weighted by Gasteiger charge is 2.46. The number of aliphatic hydroxyl groups excluding tert-OH is 2. The SMILES string of the molecule is CN1CCN(C2C(CNC3CCOCC3)OC(CO)C2O)CC1. The third-order valence-electron chi connectivity index (χ3n) is 5.43. The molecule has 3 fully saturated rings. The maximum Gasteiger partial charge on any atom is 0.109 e. The molecular formula is C16H31N3O4. The third kappa shape index (κ3) is 4.22. The molecule has 4 atom stereocenters. The quantitative estimate of drug-likeness (QED) is 0.566. The molecule has 4 unspecified atom stereocenters. The first-order valence-corrected chi connectivity index (χ1v) is 8.87. The standard InChI is InChI=1S/C16H31N3O4/c1-18-4-6-19(7-5-18)15-13(23-14(11-20)16(15)21)10-17-12-2-8-22-9-3-12/h12-17,20-21H,2-11H2,1H3. The predicted molar refractivity (Wildman–Crippen MR) is 86.5 cm³/mol. The van der Waals surface area contributed by atoms with Gasteiger partial charge in [0.2, 0.25) is 0 Å². The number of aliphatic hydroxyl groups is 2. The van der Waals surface area contributed by atoms with Crippen LogP contribution in [-0.2, 0) is 9.47 Å². The summed E-state index contributed by atoms with van der Waals surface area (Å²) in [6.07, 6.45) is 0.884. The summed E-state index contributed by atoms with van der Waals surface area (Å²) in [6.45, 7) is 6.11. The lowest BCUT2D eigenvalue weighted by Crippen LogP contribution is -2.57. The number of likely N-dealkylation sites (N-methyl/N-ethyl adjacent to an activating group) is 1. The number of hydrogen-bond acceptors (Lipinski definition) is 7. The normalized spacial score (nSPS) is 38.2. The highest BCUT2D eigenvalue weighted by Crippen LogP contribution is 2.26. The second-order valence-electron chi connectivity index (χ2n) is 7.01. The summed E-state index contributed by atoms with van der Waals surface area (Å²) in [7, 11) is 2.12. The molecule has 0 amide bonds. The first-order chi connectivity index (χ1) is 11.2. The van der Waals surface area contributed by atoms with E-state index >= 15 is 0 Å². The zero-order valence-electron chi connectivity index (χ0n) is 14.1. The molecule has 0 aliphatic carbocycles. The molecule has 7 nitrogen and oxygen atoms in total. The van der Waals surface area contributed by atoms with Crippen LogP contribution in [0.5, 0.6) is 0 Å². The van der Waals surface area contributed by atoms with Gasteiger partial charge in [0.1, 0.15) is 12.2 Å². The molecule has 0 spiro atoms. The van der Waals surface area contributed by atoms with E-state index in [2.05, 4.69) is 22.2 Å². The lowest BCUT2D eigenvalue weighted by atomic mass is 10.0. The predicted octanol–water partition coefficient (Wildman–Crippen LogP) is -1.51. The monoisotopic (exact) mass is 329 g/mol. The van der Waals surface area contributed by atoms with Crippen molar-refractivity contribution in [2.24, 2.45) is 0 Å². The summed E-state index contributed by atoms with van der Waals surface area (Å²) in [4.78, 5) is 4.63. The maximum atomic E-state index is 10.6. The van der Waals surface area contributed by atoms with Crippen molar-refractivity contribution in [3.8, 4) is 0 Å². The van der Waals surface area contributed by atoms with E-state index in [0.29, 0.717) is 6.04 Å². The zero-order valence-corrected chi connectivity index (χ0v) is 14.1. The Balaban J connectivity index is 1.58. The average molecular weight is 329 g/mol. The van der Waals surface area contributed by atoms with Gasteiger partial charge < -0.3 is 29.9 Å². The minimum Gasteiger partial charge on any atom is -0.394 e. The molecule has 3 aliphatic heterocycles. The molecule has 0 aromatic rings. The van der Waals surface area contributed by atoms with Gasteiger partial charge in [-0.25, -0.2) is 0 Å². The molecule has 0 saturated carbocycles. The lowest BCUT2D eigenvalue weighted by Gasteiger charge is -2.39. The highest BCUT2D eigenvalue weighted by atomic mass is 16.5. The smallest absolute Gasteiger partial charge is 0.109 e. The minimum absolute atomic E-state index is 0.0341. The number of piperazine rings is 1. The summed E-state index contributed by atoms with van der Waals surface area (Å²) in [5.41, 5.74) is 0. The van der Waals surface area contributed by atoms with Crippen LogP contribution in [0.25, 0.3) is 0 Å². The molecule has 3 saturated heterocycles. The van der Waals surface area contributed by atoms with E-state index in [1.165, 1.54) is 0 Å².